The van der Waals surface area contributed by atoms with Crippen molar-refractivity contribution in [2.45, 2.75) is 20.8 Å². The van der Waals surface area contributed by atoms with E-state index in [1.54, 1.807) is 14.0 Å². The second-order valence-electron chi connectivity index (χ2n) is 6.62. The van der Waals surface area contributed by atoms with Crippen molar-refractivity contribution in [3.63, 3.8) is 0 Å². The first-order chi connectivity index (χ1) is 14.0. The Balaban J connectivity index is 2.09. The monoisotopic (exact) mass is 391 g/mol. The number of rotatable bonds is 5. The number of hydrogen-bond donors (Lipinski definition) is 1. The van der Waals surface area contributed by atoms with E-state index in [4.69, 9.17) is 18.9 Å². The van der Waals surface area contributed by atoms with Crippen LogP contribution in [0.3, 0.4) is 0 Å². The molecule has 0 radical (unpaired) electrons. The Morgan fingerprint density at radius 2 is 1.90 bits per heavy atom. The van der Waals surface area contributed by atoms with E-state index in [0.29, 0.717) is 34.0 Å². The lowest BCUT2D eigenvalue weighted by Crippen LogP contribution is -2.10. The van der Waals surface area contributed by atoms with Gasteiger partial charge in [-0.3, -0.25) is 5.10 Å². The quantitative estimate of drug-likeness (QED) is 0.497. The normalized spacial score (nSPS) is 11.0. The van der Waals surface area contributed by atoms with Crippen molar-refractivity contribution in [3.8, 4) is 28.3 Å². The van der Waals surface area contributed by atoms with E-state index in [2.05, 4.69) is 10.2 Å². The molecule has 4 aromatic rings. The molecule has 0 aliphatic carbocycles. The molecule has 3 aromatic heterocycles. The number of methoxy groups -OCH3 is 1. The number of carbonyl (C=O) groups excluding carboxylic acids is 1. The molecule has 0 bridgehead atoms. The van der Waals surface area contributed by atoms with E-state index in [1.165, 1.54) is 0 Å². The highest BCUT2D eigenvalue weighted by molar-refractivity contribution is 6.10. The summed E-state index contributed by atoms with van der Waals surface area (Å²) in [4.78, 5) is 17.8. The van der Waals surface area contributed by atoms with Crippen LogP contribution in [0.25, 0.3) is 33.6 Å². The predicted octanol–water partition coefficient (Wildman–Crippen LogP) is 4.69. The van der Waals surface area contributed by atoms with Crippen LogP contribution in [0.4, 0.5) is 0 Å². The van der Waals surface area contributed by atoms with Gasteiger partial charge in [-0.05, 0) is 57.2 Å². The minimum absolute atomic E-state index is 0.250. The topological polar surface area (TPSA) is 90.2 Å². The highest BCUT2D eigenvalue weighted by Crippen LogP contribution is 2.39. The molecule has 0 saturated carbocycles. The standard InChI is InChI=1S/C22H21N3O4/c1-5-28-22(26)19-18(16-11-6-12(2)29-16)17-13(3)24-25-21(17)23-20(19)14-7-9-15(27-4)10-8-14/h6-11H,5H2,1-4H3,(H,23,24,25). The Bertz CT molecular complexity index is 1190. The summed E-state index contributed by atoms with van der Waals surface area (Å²) in [5, 5.41) is 8.02. The lowest BCUT2D eigenvalue weighted by Gasteiger charge is -2.14. The number of ether oxygens (including phenoxy) is 2. The number of nitrogens with zero attached hydrogens (tertiary/aromatic N) is 2. The summed E-state index contributed by atoms with van der Waals surface area (Å²) < 4.78 is 16.5. The largest absolute Gasteiger partial charge is 0.497 e. The molecule has 7 nitrogen and oxygen atoms in total. The van der Waals surface area contributed by atoms with Gasteiger partial charge < -0.3 is 13.9 Å². The zero-order valence-electron chi connectivity index (χ0n) is 16.7. The van der Waals surface area contributed by atoms with Gasteiger partial charge in [0.2, 0.25) is 0 Å². The third kappa shape index (κ3) is 3.24. The minimum Gasteiger partial charge on any atom is -0.497 e. The highest BCUT2D eigenvalue weighted by Gasteiger charge is 2.28. The number of aromatic nitrogens is 3. The SMILES string of the molecule is CCOC(=O)c1c(-c2ccc(OC)cc2)nc2n[nH]c(C)c2c1-c1ccc(C)o1. The smallest absolute Gasteiger partial charge is 0.341 e. The van der Waals surface area contributed by atoms with Crippen LogP contribution in [0, 0.1) is 13.8 Å². The molecule has 0 atom stereocenters. The maximum absolute atomic E-state index is 13.1. The van der Waals surface area contributed by atoms with Crippen molar-refractivity contribution in [2.75, 3.05) is 13.7 Å². The molecule has 0 unspecified atom stereocenters. The molecule has 1 N–H and O–H groups in total. The van der Waals surface area contributed by atoms with Gasteiger partial charge in [0.05, 0.1) is 30.4 Å². The number of nitrogens with one attached hydrogen (secondary N) is 1. The molecule has 0 aliphatic heterocycles. The summed E-state index contributed by atoms with van der Waals surface area (Å²) in [6.07, 6.45) is 0. The second kappa shape index (κ2) is 7.43. The van der Waals surface area contributed by atoms with Crippen LogP contribution in [0.15, 0.2) is 40.8 Å². The summed E-state index contributed by atoms with van der Waals surface area (Å²) >= 11 is 0. The molecule has 0 amide bonds. The van der Waals surface area contributed by atoms with Gasteiger partial charge in [0, 0.05) is 16.8 Å². The zero-order valence-corrected chi connectivity index (χ0v) is 16.7. The second-order valence-corrected chi connectivity index (χ2v) is 6.62. The van der Waals surface area contributed by atoms with Gasteiger partial charge in [-0.25, -0.2) is 9.78 Å². The van der Waals surface area contributed by atoms with E-state index in [-0.39, 0.29) is 6.61 Å². The fourth-order valence-corrected chi connectivity index (χ4v) is 3.38. The first-order valence-electron chi connectivity index (χ1n) is 9.30. The number of H-pyrrole nitrogens is 1. The van der Waals surface area contributed by atoms with Crippen molar-refractivity contribution < 1.29 is 18.7 Å². The number of benzene rings is 1. The number of fused-ring (bicyclic) bond motifs is 1. The number of pyridine rings is 1. The van der Waals surface area contributed by atoms with Crippen molar-refractivity contribution >= 4 is 17.0 Å². The Hall–Kier alpha value is -3.61. The number of furan rings is 1. The summed E-state index contributed by atoms with van der Waals surface area (Å²) in [5.74, 6) is 1.56. The summed E-state index contributed by atoms with van der Waals surface area (Å²) in [7, 11) is 1.60. The fraction of sp³-hybridized carbons (Fsp3) is 0.227. The number of hydrogen-bond acceptors (Lipinski definition) is 6. The minimum atomic E-state index is -0.461. The number of esters is 1. The van der Waals surface area contributed by atoms with Gasteiger partial charge in [0.25, 0.3) is 0 Å². The molecular weight excluding hydrogens is 370 g/mol. The molecule has 148 valence electrons. The van der Waals surface area contributed by atoms with Gasteiger partial charge in [-0.1, -0.05) is 0 Å². The van der Waals surface area contributed by atoms with E-state index in [1.807, 2.05) is 50.2 Å². The van der Waals surface area contributed by atoms with Crippen LogP contribution in [-0.2, 0) is 4.74 Å². The van der Waals surface area contributed by atoms with E-state index >= 15 is 0 Å². The van der Waals surface area contributed by atoms with Crippen molar-refractivity contribution in [1.82, 2.24) is 15.2 Å². The summed E-state index contributed by atoms with van der Waals surface area (Å²) in [6, 6.07) is 11.1. The highest BCUT2D eigenvalue weighted by atomic mass is 16.5. The van der Waals surface area contributed by atoms with Gasteiger partial charge >= 0.3 is 5.97 Å². The van der Waals surface area contributed by atoms with Crippen LogP contribution >= 0.6 is 0 Å². The lowest BCUT2D eigenvalue weighted by atomic mass is 9.96. The zero-order chi connectivity index (χ0) is 20.5. The van der Waals surface area contributed by atoms with Gasteiger partial charge in [-0.2, -0.15) is 5.10 Å². The molecule has 4 rings (SSSR count). The van der Waals surface area contributed by atoms with Crippen LogP contribution < -0.4 is 4.74 Å². The van der Waals surface area contributed by atoms with E-state index < -0.39 is 5.97 Å². The van der Waals surface area contributed by atoms with E-state index in [0.717, 1.165) is 22.4 Å². The third-order valence-corrected chi connectivity index (χ3v) is 4.71. The first-order valence-corrected chi connectivity index (χ1v) is 9.30. The Labute approximate surface area is 167 Å². The summed E-state index contributed by atoms with van der Waals surface area (Å²) in [6.45, 7) is 5.77. The molecule has 1 aromatic carbocycles. The van der Waals surface area contributed by atoms with Gasteiger partial charge in [0.1, 0.15) is 17.3 Å². The summed E-state index contributed by atoms with van der Waals surface area (Å²) in [5.41, 5.74) is 3.51. The van der Waals surface area contributed by atoms with Crippen molar-refractivity contribution in [2.24, 2.45) is 0 Å². The van der Waals surface area contributed by atoms with Crippen molar-refractivity contribution in [1.29, 1.82) is 0 Å². The molecule has 0 fully saturated rings. The van der Waals surface area contributed by atoms with Crippen LogP contribution in [0.5, 0.6) is 5.75 Å². The van der Waals surface area contributed by atoms with Gasteiger partial charge in [-0.15, -0.1) is 0 Å². The molecule has 29 heavy (non-hydrogen) atoms. The van der Waals surface area contributed by atoms with Gasteiger partial charge in [0.15, 0.2) is 5.65 Å². The molecule has 0 saturated heterocycles. The average molecular weight is 391 g/mol. The molecular formula is C22H21N3O4. The Kier molecular flexibility index (Phi) is 4.80. The van der Waals surface area contributed by atoms with E-state index in [9.17, 15) is 4.79 Å². The van der Waals surface area contributed by atoms with Crippen LogP contribution in [0.2, 0.25) is 0 Å². The maximum Gasteiger partial charge on any atom is 0.341 e. The van der Waals surface area contributed by atoms with Crippen LogP contribution in [0.1, 0.15) is 28.7 Å². The first kappa shape index (κ1) is 18.7. The van der Waals surface area contributed by atoms with Crippen LogP contribution in [-0.4, -0.2) is 34.9 Å². The Morgan fingerprint density at radius 1 is 1.14 bits per heavy atom. The fourth-order valence-electron chi connectivity index (χ4n) is 3.38. The molecule has 7 heteroatoms. The number of aryl methyl sites for hydroxylation is 2. The molecule has 3 heterocycles. The van der Waals surface area contributed by atoms with Crippen molar-refractivity contribution in [3.05, 3.63) is 53.4 Å². The Morgan fingerprint density at radius 3 is 2.52 bits per heavy atom. The number of carbonyl (C=O) groups is 1. The third-order valence-electron chi connectivity index (χ3n) is 4.71. The predicted molar refractivity (Wildman–Crippen MR) is 109 cm³/mol. The maximum atomic E-state index is 13.1. The lowest BCUT2D eigenvalue weighted by molar-refractivity contribution is 0.0527. The molecule has 0 aliphatic rings. The average Bonchev–Trinajstić information content (AvgIpc) is 3.32. The number of aromatic amines is 1. The molecule has 0 spiro atoms.